The third kappa shape index (κ3) is 3.02. The third-order valence-electron chi connectivity index (χ3n) is 4.41. The van der Waals surface area contributed by atoms with E-state index < -0.39 is 0 Å². The van der Waals surface area contributed by atoms with E-state index in [0.29, 0.717) is 25.3 Å². The second-order valence-electron chi connectivity index (χ2n) is 5.87. The zero-order chi connectivity index (χ0) is 17.1. The Morgan fingerprint density at radius 3 is 2.71 bits per heavy atom. The van der Waals surface area contributed by atoms with Gasteiger partial charge in [0.25, 0.3) is 5.91 Å². The van der Waals surface area contributed by atoms with Gasteiger partial charge in [-0.3, -0.25) is 9.59 Å². The maximum atomic E-state index is 12.9. The number of carbonyl (C=O) groups is 2. The van der Waals surface area contributed by atoms with Gasteiger partial charge in [-0.05, 0) is 25.5 Å². The van der Waals surface area contributed by atoms with E-state index in [1.807, 2.05) is 42.2 Å². The Hall–Kier alpha value is -2.70. The van der Waals surface area contributed by atoms with E-state index in [1.165, 1.54) is 6.20 Å². The Morgan fingerprint density at radius 1 is 1.29 bits per heavy atom. The van der Waals surface area contributed by atoms with E-state index in [2.05, 4.69) is 10.3 Å². The molecule has 1 aromatic carbocycles. The van der Waals surface area contributed by atoms with Crippen molar-refractivity contribution in [2.75, 3.05) is 19.6 Å². The van der Waals surface area contributed by atoms with E-state index in [1.54, 1.807) is 16.5 Å². The highest BCUT2D eigenvalue weighted by Gasteiger charge is 2.32. The average molecular weight is 327 g/mol. The van der Waals surface area contributed by atoms with Crippen molar-refractivity contribution in [3.63, 3.8) is 0 Å². The van der Waals surface area contributed by atoms with Crippen LogP contribution in [0.25, 0.3) is 5.69 Å². The summed E-state index contributed by atoms with van der Waals surface area (Å²) in [5.74, 6) is -0.0567. The monoisotopic (exact) mass is 327 g/mol. The number of para-hydroxylation sites is 1. The van der Waals surface area contributed by atoms with Crippen LogP contribution in [0.4, 0.5) is 0 Å². The van der Waals surface area contributed by atoms with Crippen molar-refractivity contribution in [1.82, 2.24) is 24.8 Å². The van der Waals surface area contributed by atoms with Crippen molar-refractivity contribution >= 4 is 11.8 Å². The number of rotatable bonds is 4. The molecule has 1 aliphatic heterocycles. The second kappa shape index (κ2) is 6.82. The number of amides is 2. The average Bonchev–Trinajstić information content (AvgIpc) is 3.25. The highest BCUT2D eigenvalue weighted by molar-refractivity contribution is 5.93. The topological polar surface area (TPSA) is 71.3 Å². The maximum Gasteiger partial charge on any atom is 0.274 e. The summed E-state index contributed by atoms with van der Waals surface area (Å²) in [6.45, 7) is 5.37. The lowest BCUT2D eigenvalue weighted by Gasteiger charge is -2.26. The van der Waals surface area contributed by atoms with Crippen molar-refractivity contribution in [1.29, 1.82) is 0 Å². The molecular formula is C17H21N5O2. The van der Waals surface area contributed by atoms with Crippen LogP contribution in [0.3, 0.4) is 0 Å². The lowest BCUT2D eigenvalue weighted by molar-refractivity contribution is -0.130. The molecule has 0 radical (unpaired) electrons. The summed E-state index contributed by atoms with van der Waals surface area (Å²) in [7, 11) is 0. The molecule has 1 saturated heterocycles. The summed E-state index contributed by atoms with van der Waals surface area (Å²) < 4.78 is 1.55. The number of benzene rings is 1. The van der Waals surface area contributed by atoms with Crippen LogP contribution in [0.2, 0.25) is 0 Å². The first-order chi connectivity index (χ1) is 11.6. The van der Waals surface area contributed by atoms with E-state index in [9.17, 15) is 9.59 Å². The van der Waals surface area contributed by atoms with Crippen LogP contribution in [0.1, 0.15) is 30.8 Å². The zero-order valence-corrected chi connectivity index (χ0v) is 13.9. The highest BCUT2D eigenvalue weighted by Crippen LogP contribution is 2.19. The number of nitrogens with zero attached hydrogens (tertiary/aromatic N) is 5. The van der Waals surface area contributed by atoms with Gasteiger partial charge in [-0.15, -0.1) is 5.10 Å². The van der Waals surface area contributed by atoms with Gasteiger partial charge in [0.15, 0.2) is 5.69 Å². The molecule has 0 unspecified atom stereocenters. The number of hydrogen-bond donors (Lipinski definition) is 0. The maximum absolute atomic E-state index is 12.9. The van der Waals surface area contributed by atoms with E-state index in [4.69, 9.17) is 0 Å². The lowest BCUT2D eigenvalue weighted by atomic mass is 10.2. The number of likely N-dealkylation sites (tertiary alicyclic amines) is 1. The molecule has 0 saturated carbocycles. The molecule has 0 aliphatic carbocycles. The first kappa shape index (κ1) is 16.2. The van der Waals surface area contributed by atoms with Crippen molar-refractivity contribution in [2.45, 2.75) is 26.3 Å². The largest absolute Gasteiger partial charge is 0.338 e. The molecule has 2 amide bonds. The Kier molecular flexibility index (Phi) is 4.59. The molecule has 126 valence electrons. The predicted molar refractivity (Wildman–Crippen MR) is 88.7 cm³/mol. The minimum atomic E-state index is -0.106. The summed E-state index contributed by atoms with van der Waals surface area (Å²) in [5.41, 5.74) is 1.24. The van der Waals surface area contributed by atoms with Gasteiger partial charge >= 0.3 is 0 Å². The number of aromatic nitrogens is 3. The molecule has 1 atom stereocenters. The van der Waals surface area contributed by atoms with Gasteiger partial charge < -0.3 is 9.80 Å². The minimum Gasteiger partial charge on any atom is -0.338 e. The summed E-state index contributed by atoms with van der Waals surface area (Å²) in [5, 5.41) is 7.92. The van der Waals surface area contributed by atoms with Gasteiger partial charge in [0.05, 0.1) is 17.9 Å². The molecular weight excluding hydrogens is 306 g/mol. The standard InChI is InChI=1S/C17H21N5O2/c1-3-21(13(2)23)15-9-10-20(12-15)17(24)16-11-18-19-22(16)14-7-5-4-6-8-14/h4-8,11,15H,3,9-10,12H2,1-2H3/t15-/m1/s1. The minimum absolute atomic E-state index is 0.0489. The number of carbonyl (C=O) groups excluding carboxylic acids is 2. The van der Waals surface area contributed by atoms with Gasteiger partial charge in [0.2, 0.25) is 5.91 Å². The fourth-order valence-electron chi connectivity index (χ4n) is 3.22. The van der Waals surface area contributed by atoms with E-state index in [0.717, 1.165) is 12.1 Å². The normalized spacial score (nSPS) is 17.1. The second-order valence-corrected chi connectivity index (χ2v) is 5.87. The Bertz CT molecular complexity index is 728. The summed E-state index contributed by atoms with van der Waals surface area (Å²) in [6.07, 6.45) is 2.29. The molecule has 1 aromatic heterocycles. The molecule has 2 heterocycles. The van der Waals surface area contributed by atoms with Crippen LogP contribution < -0.4 is 0 Å². The van der Waals surface area contributed by atoms with Crippen molar-refractivity contribution in [2.24, 2.45) is 0 Å². The molecule has 24 heavy (non-hydrogen) atoms. The smallest absolute Gasteiger partial charge is 0.274 e. The first-order valence-corrected chi connectivity index (χ1v) is 8.14. The molecule has 0 spiro atoms. The first-order valence-electron chi connectivity index (χ1n) is 8.14. The van der Waals surface area contributed by atoms with Crippen LogP contribution in [0.15, 0.2) is 36.5 Å². The Labute approximate surface area is 140 Å². The number of likely N-dealkylation sites (N-methyl/N-ethyl adjacent to an activating group) is 1. The van der Waals surface area contributed by atoms with Crippen LogP contribution in [-0.2, 0) is 4.79 Å². The SMILES string of the molecule is CCN(C(C)=O)[C@@H]1CCN(C(=O)c2cnnn2-c2ccccc2)C1. The Balaban J connectivity index is 1.77. The van der Waals surface area contributed by atoms with Crippen molar-refractivity contribution < 1.29 is 9.59 Å². The summed E-state index contributed by atoms with van der Waals surface area (Å²) in [6, 6.07) is 9.54. The highest BCUT2D eigenvalue weighted by atomic mass is 16.2. The predicted octanol–water partition coefficient (Wildman–Crippen LogP) is 1.35. The quantitative estimate of drug-likeness (QED) is 0.850. The molecule has 1 aliphatic rings. The van der Waals surface area contributed by atoms with Crippen LogP contribution in [0.5, 0.6) is 0 Å². The van der Waals surface area contributed by atoms with Crippen LogP contribution >= 0.6 is 0 Å². The summed E-state index contributed by atoms with van der Waals surface area (Å²) >= 11 is 0. The molecule has 7 nitrogen and oxygen atoms in total. The van der Waals surface area contributed by atoms with Gasteiger partial charge in [0, 0.05) is 26.6 Å². The van der Waals surface area contributed by atoms with Gasteiger partial charge in [-0.1, -0.05) is 23.4 Å². The lowest BCUT2D eigenvalue weighted by Crippen LogP contribution is -2.41. The molecule has 0 N–H and O–H groups in total. The molecule has 1 fully saturated rings. The van der Waals surface area contributed by atoms with E-state index >= 15 is 0 Å². The summed E-state index contributed by atoms with van der Waals surface area (Å²) in [4.78, 5) is 28.1. The van der Waals surface area contributed by atoms with Crippen molar-refractivity contribution in [3.8, 4) is 5.69 Å². The van der Waals surface area contributed by atoms with Crippen LogP contribution in [-0.4, -0.2) is 62.3 Å². The van der Waals surface area contributed by atoms with Gasteiger partial charge in [0.1, 0.15) is 0 Å². The van der Waals surface area contributed by atoms with Gasteiger partial charge in [-0.25, -0.2) is 4.68 Å². The van der Waals surface area contributed by atoms with E-state index in [-0.39, 0.29) is 17.9 Å². The van der Waals surface area contributed by atoms with Crippen LogP contribution in [0, 0.1) is 0 Å². The van der Waals surface area contributed by atoms with Gasteiger partial charge in [-0.2, -0.15) is 0 Å². The molecule has 3 rings (SSSR count). The molecule has 0 bridgehead atoms. The zero-order valence-electron chi connectivity index (χ0n) is 13.9. The fraction of sp³-hybridized carbons (Fsp3) is 0.412. The Morgan fingerprint density at radius 2 is 2.04 bits per heavy atom. The molecule has 2 aromatic rings. The molecule has 7 heteroatoms. The fourth-order valence-corrected chi connectivity index (χ4v) is 3.22. The number of hydrogen-bond acceptors (Lipinski definition) is 4. The third-order valence-corrected chi connectivity index (χ3v) is 4.41. The van der Waals surface area contributed by atoms with Crippen molar-refractivity contribution in [3.05, 3.63) is 42.2 Å².